The molecule has 0 aliphatic heterocycles. The fraction of sp³-hybridized carbons (Fsp3) is 0.250. The maximum absolute atomic E-state index is 11.9. The van der Waals surface area contributed by atoms with Crippen molar-refractivity contribution in [3.8, 4) is 0 Å². The molecule has 2 rings (SSSR count). The van der Waals surface area contributed by atoms with E-state index in [2.05, 4.69) is 5.32 Å². The Morgan fingerprint density at radius 3 is 2.65 bits per heavy atom. The van der Waals surface area contributed by atoms with E-state index in [4.69, 9.17) is 11.6 Å². The molecule has 2 heterocycles. The van der Waals surface area contributed by atoms with Crippen molar-refractivity contribution < 1.29 is 13.2 Å². The lowest BCUT2D eigenvalue weighted by molar-refractivity contribution is -0.118. The molecular weight excluding hydrogens is 338 g/mol. The maximum atomic E-state index is 11.9. The van der Waals surface area contributed by atoms with Crippen molar-refractivity contribution in [1.82, 2.24) is 5.32 Å². The summed E-state index contributed by atoms with van der Waals surface area (Å²) in [5, 5.41) is 4.50. The minimum atomic E-state index is -3.47. The lowest BCUT2D eigenvalue weighted by atomic mass is 10.4. The van der Waals surface area contributed by atoms with Gasteiger partial charge in [-0.3, -0.25) is 4.79 Å². The van der Waals surface area contributed by atoms with Crippen LogP contribution in [0.25, 0.3) is 0 Å². The van der Waals surface area contributed by atoms with Gasteiger partial charge in [0.2, 0.25) is 5.91 Å². The number of sulfone groups is 1. The van der Waals surface area contributed by atoms with Gasteiger partial charge in [0, 0.05) is 9.75 Å². The standard InChI is InChI=1S/C12H12ClNO3S3/c13-11-4-3-10(19-11)7-20(16,17)8-12(15)14-6-9-2-1-5-18-9/h1-5H,6-8H2,(H,14,15). The number of halogens is 1. The van der Waals surface area contributed by atoms with Gasteiger partial charge in [-0.2, -0.15) is 0 Å². The molecule has 108 valence electrons. The van der Waals surface area contributed by atoms with Crippen molar-refractivity contribution in [2.45, 2.75) is 12.3 Å². The number of rotatable bonds is 6. The summed E-state index contributed by atoms with van der Waals surface area (Å²) in [7, 11) is -3.47. The molecule has 0 saturated heterocycles. The van der Waals surface area contributed by atoms with E-state index in [0.29, 0.717) is 15.8 Å². The molecule has 0 aliphatic rings. The predicted molar refractivity (Wildman–Crippen MR) is 83.0 cm³/mol. The molecule has 2 aromatic heterocycles. The molecule has 8 heteroatoms. The summed E-state index contributed by atoms with van der Waals surface area (Å²) >= 11 is 8.47. The number of carbonyl (C=O) groups is 1. The third-order valence-electron chi connectivity index (χ3n) is 2.38. The second-order valence-corrected chi connectivity index (χ2v) is 8.99. The van der Waals surface area contributed by atoms with Gasteiger partial charge in [-0.1, -0.05) is 17.7 Å². The number of amides is 1. The maximum Gasteiger partial charge on any atom is 0.235 e. The normalized spacial score (nSPS) is 11.4. The van der Waals surface area contributed by atoms with Crippen LogP contribution in [0.4, 0.5) is 0 Å². The summed E-state index contributed by atoms with van der Waals surface area (Å²) in [5.41, 5.74) is 0. The van der Waals surface area contributed by atoms with E-state index in [1.54, 1.807) is 12.1 Å². The molecule has 0 saturated carbocycles. The van der Waals surface area contributed by atoms with E-state index in [1.165, 1.54) is 22.7 Å². The van der Waals surface area contributed by atoms with Gasteiger partial charge in [0.05, 0.1) is 16.6 Å². The molecule has 0 unspecified atom stereocenters. The molecular formula is C12H12ClNO3S3. The third kappa shape index (κ3) is 4.90. The molecule has 0 radical (unpaired) electrons. The second-order valence-electron chi connectivity index (χ2n) is 4.09. The summed E-state index contributed by atoms with van der Waals surface area (Å²) in [4.78, 5) is 13.3. The van der Waals surface area contributed by atoms with Gasteiger partial charge < -0.3 is 5.32 Å². The van der Waals surface area contributed by atoms with Crippen LogP contribution in [0.3, 0.4) is 0 Å². The summed E-state index contributed by atoms with van der Waals surface area (Å²) in [5.74, 6) is -1.15. The molecule has 0 aliphatic carbocycles. The highest BCUT2D eigenvalue weighted by Gasteiger charge is 2.18. The first-order chi connectivity index (χ1) is 9.44. The van der Waals surface area contributed by atoms with Crippen LogP contribution in [-0.4, -0.2) is 20.1 Å². The topological polar surface area (TPSA) is 63.2 Å². The average Bonchev–Trinajstić information content (AvgIpc) is 2.97. The summed E-state index contributed by atoms with van der Waals surface area (Å²) in [6, 6.07) is 7.07. The van der Waals surface area contributed by atoms with Crippen LogP contribution in [0.1, 0.15) is 9.75 Å². The van der Waals surface area contributed by atoms with Gasteiger partial charge in [-0.25, -0.2) is 8.42 Å². The second kappa shape index (κ2) is 6.71. The van der Waals surface area contributed by atoms with E-state index in [1.807, 2.05) is 17.5 Å². The van der Waals surface area contributed by atoms with E-state index >= 15 is 0 Å². The molecule has 0 bridgehead atoms. The van der Waals surface area contributed by atoms with Gasteiger partial charge in [0.1, 0.15) is 5.75 Å². The zero-order valence-electron chi connectivity index (χ0n) is 10.3. The summed E-state index contributed by atoms with van der Waals surface area (Å²) in [6.45, 7) is 0.358. The zero-order valence-corrected chi connectivity index (χ0v) is 13.5. The molecule has 20 heavy (non-hydrogen) atoms. The van der Waals surface area contributed by atoms with Crippen molar-refractivity contribution in [2.24, 2.45) is 0 Å². The van der Waals surface area contributed by atoms with Gasteiger partial charge in [0.25, 0.3) is 0 Å². The van der Waals surface area contributed by atoms with Gasteiger partial charge in [-0.05, 0) is 23.6 Å². The minimum absolute atomic E-state index is 0.156. The first-order valence-electron chi connectivity index (χ1n) is 5.68. The first kappa shape index (κ1) is 15.5. The lowest BCUT2D eigenvalue weighted by Crippen LogP contribution is -2.30. The fourth-order valence-electron chi connectivity index (χ4n) is 1.55. The zero-order chi connectivity index (χ0) is 14.6. The Hall–Kier alpha value is -0.890. The summed E-state index contributed by atoms with van der Waals surface area (Å²) in [6.07, 6.45) is 0. The molecule has 0 atom stereocenters. The molecule has 4 nitrogen and oxygen atoms in total. The first-order valence-corrected chi connectivity index (χ1v) is 9.58. The summed E-state index contributed by atoms with van der Waals surface area (Å²) < 4.78 is 24.3. The number of nitrogens with one attached hydrogen (secondary N) is 1. The number of thiophene rings is 2. The van der Waals surface area contributed by atoms with Crippen LogP contribution in [0, 0.1) is 0 Å². The van der Waals surface area contributed by atoms with Crippen molar-refractivity contribution in [1.29, 1.82) is 0 Å². The van der Waals surface area contributed by atoms with Crippen LogP contribution in [-0.2, 0) is 26.9 Å². The SMILES string of the molecule is O=C(CS(=O)(=O)Cc1ccc(Cl)s1)NCc1cccs1. The third-order valence-corrected chi connectivity index (χ3v) is 6.13. The van der Waals surface area contributed by atoms with Crippen LogP contribution in [0.2, 0.25) is 4.34 Å². The largest absolute Gasteiger partial charge is 0.350 e. The van der Waals surface area contributed by atoms with Gasteiger partial charge >= 0.3 is 0 Å². The van der Waals surface area contributed by atoms with Crippen molar-refractivity contribution >= 4 is 50.0 Å². The van der Waals surface area contributed by atoms with Gasteiger partial charge in [0.15, 0.2) is 9.84 Å². The molecule has 0 aromatic carbocycles. The van der Waals surface area contributed by atoms with Gasteiger partial charge in [-0.15, -0.1) is 22.7 Å². The van der Waals surface area contributed by atoms with Crippen LogP contribution in [0.5, 0.6) is 0 Å². The predicted octanol–water partition coefficient (Wildman–Crippen LogP) is 2.69. The van der Waals surface area contributed by atoms with Crippen molar-refractivity contribution in [2.75, 3.05) is 5.75 Å². The Morgan fingerprint density at radius 1 is 1.25 bits per heavy atom. The van der Waals surface area contributed by atoms with E-state index in [-0.39, 0.29) is 5.75 Å². The molecule has 1 N–H and O–H groups in total. The smallest absolute Gasteiger partial charge is 0.235 e. The molecule has 0 fully saturated rings. The Morgan fingerprint density at radius 2 is 2.05 bits per heavy atom. The molecule has 2 aromatic rings. The highest BCUT2D eigenvalue weighted by Crippen LogP contribution is 2.23. The minimum Gasteiger partial charge on any atom is -0.350 e. The Bertz CT molecular complexity index is 677. The average molecular weight is 350 g/mol. The van der Waals surface area contributed by atoms with E-state index < -0.39 is 21.5 Å². The number of carbonyl (C=O) groups excluding carboxylic acids is 1. The van der Waals surface area contributed by atoms with Crippen LogP contribution < -0.4 is 5.32 Å². The number of hydrogen-bond acceptors (Lipinski definition) is 5. The molecule has 1 amide bonds. The molecule has 0 spiro atoms. The van der Waals surface area contributed by atoms with E-state index in [0.717, 1.165) is 4.88 Å². The Kier molecular flexibility index (Phi) is 5.20. The Labute approximate surface area is 130 Å². The van der Waals surface area contributed by atoms with Crippen LogP contribution in [0.15, 0.2) is 29.6 Å². The highest BCUT2D eigenvalue weighted by molar-refractivity contribution is 7.91. The van der Waals surface area contributed by atoms with E-state index in [9.17, 15) is 13.2 Å². The quantitative estimate of drug-likeness (QED) is 0.872. The van der Waals surface area contributed by atoms with Crippen LogP contribution >= 0.6 is 34.3 Å². The fourth-order valence-corrected chi connectivity index (χ4v) is 4.98. The van der Waals surface area contributed by atoms with Crippen molar-refractivity contribution in [3.63, 3.8) is 0 Å². The monoisotopic (exact) mass is 349 g/mol. The highest BCUT2D eigenvalue weighted by atomic mass is 35.5. The van der Waals surface area contributed by atoms with Crippen molar-refractivity contribution in [3.05, 3.63) is 43.7 Å². The lowest BCUT2D eigenvalue weighted by Gasteiger charge is -2.04. The Balaban J connectivity index is 1.86. The number of hydrogen-bond donors (Lipinski definition) is 1.